The minimum absolute atomic E-state index is 0.383. The van der Waals surface area contributed by atoms with Gasteiger partial charge >= 0.3 is 0 Å². The van der Waals surface area contributed by atoms with E-state index < -0.39 is 10.0 Å². The van der Waals surface area contributed by atoms with Crippen molar-refractivity contribution in [1.82, 2.24) is 4.72 Å². The lowest BCUT2D eigenvalue weighted by atomic mass is 10.3. The summed E-state index contributed by atoms with van der Waals surface area (Å²) >= 11 is 3.38. The standard InChI is InChI=1S/C10H11BrN2O2S/c11-7-1-4-10-9(5-7)13(8-2-3-8)6-12-16(10,14)15/h1,4-5,8,12H,2-3,6H2. The molecule has 0 saturated heterocycles. The summed E-state index contributed by atoms with van der Waals surface area (Å²) in [6, 6.07) is 5.78. The zero-order chi connectivity index (χ0) is 11.3. The highest BCUT2D eigenvalue weighted by Crippen LogP contribution is 2.38. The Bertz CT molecular complexity index is 540. The molecule has 0 aromatic heterocycles. The average molecular weight is 303 g/mol. The molecule has 1 aromatic carbocycles. The number of sulfonamides is 1. The molecule has 1 aliphatic heterocycles. The Morgan fingerprint density at radius 1 is 1.38 bits per heavy atom. The van der Waals surface area contributed by atoms with Crippen LogP contribution in [0.2, 0.25) is 0 Å². The number of fused-ring (bicyclic) bond motifs is 1. The molecule has 1 fully saturated rings. The monoisotopic (exact) mass is 302 g/mol. The summed E-state index contributed by atoms with van der Waals surface area (Å²) < 4.78 is 27.1. The van der Waals surface area contributed by atoms with E-state index in [9.17, 15) is 8.42 Å². The number of hydrogen-bond acceptors (Lipinski definition) is 3. The Morgan fingerprint density at radius 3 is 2.81 bits per heavy atom. The number of halogens is 1. The number of anilines is 1. The van der Waals surface area contributed by atoms with Crippen molar-refractivity contribution in [2.75, 3.05) is 11.6 Å². The van der Waals surface area contributed by atoms with Crippen molar-refractivity contribution in [1.29, 1.82) is 0 Å². The number of hydrogen-bond donors (Lipinski definition) is 1. The topological polar surface area (TPSA) is 49.4 Å². The molecule has 1 aromatic rings. The Balaban J connectivity index is 2.17. The van der Waals surface area contributed by atoms with Gasteiger partial charge < -0.3 is 4.90 Å². The van der Waals surface area contributed by atoms with Crippen LogP contribution < -0.4 is 9.62 Å². The number of rotatable bonds is 1. The van der Waals surface area contributed by atoms with Gasteiger partial charge in [-0.1, -0.05) is 15.9 Å². The minimum Gasteiger partial charge on any atom is -0.354 e. The summed E-state index contributed by atoms with van der Waals surface area (Å²) in [5, 5.41) is 0. The van der Waals surface area contributed by atoms with Gasteiger partial charge in [0.2, 0.25) is 10.0 Å². The van der Waals surface area contributed by atoms with E-state index in [1.54, 1.807) is 12.1 Å². The van der Waals surface area contributed by atoms with Gasteiger partial charge in [0.1, 0.15) is 4.90 Å². The lowest BCUT2D eigenvalue weighted by Gasteiger charge is -2.31. The maximum Gasteiger partial charge on any atom is 0.244 e. The van der Waals surface area contributed by atoms with E-state index in [0.717, 1.165) is 23.0 Å². The molecule has 1 aliphatic carbocycles. The zero-order valence-electron chi connectivity index (χ0n) is 8.48. The summed E-state index contributed by atoms with van der Waals surface area (Å²) in [6.07, 6.45) is 2.29. The maximum atomic E-state index is 11.8. The van der Waals surface area contributed by atoms with Gasteiger partial charge in [-0.2, -0.15) is 4.72 Å². The fraction of sp³-hybridized carbons (Fsp3) is 0.400. The second-order valence-electron chi connectivity index (χ2n) is 4.12. The van der Waals surface area contributed by atoms with Gasteiger partial charge in [-0.05, 0) is 31.0 Å². The smallest absolute Gasteiger partial charge is 0.244 e. The Morgan fingerprint density at radius 2 is 2.12 bits per heavy atom. The van der Waals surface area contributed by atoms with Crippen LogP contribution in [0.15, 0.2) is 27.6 Å². The molecule has 1 saturated carbocycles. The van der Waals surface area contributed by atoms with Crippen molar-refractivity contribution in [3.63, 3.8) is 0 Å². The highest BCUT2D eigenvalue weighted by Gasteiger charge is 2.36. The first-order valence-corrected chi connectivity index (χ1v) is 7.41. The first-order valence-electron chi connectivity index (χ1n) is 5.14. The molecule has 1 N–H and O–H groups in total. The van der Waals surface area contributed by atoms with Crippen LogP contribution in [-0.2, 0) is 10.0 Å². The second kappa shape index (κ2) is 3.45. The predicted octanol–water partition coefficient (Wildman–Crippen LogP) is 1.67. The highest BCUT2D eigenvalue weighted by atomic mass is 79.9. The Labute approximate surface area is 103 Å². The van der Waals surface area contributed by atoms with E-state index >= 15 is 0 Å². The third kappa shape index (κ3) is 1.65. The summed E-state index contributed by atoms with van der Waals surface area (Å²) in [6.45, 7) is 0.385. The van der Waals surface area contributed by atoms with Crippen molar-refractivity contribution >= 4 is 31.6 Å². The van der Waals surface area contributed by atoms with Crippen LogP contribution in [0.4, 0.5) is 5.69 Å². The molecular formula is C10H11BrN2O2S. The van der Waals surface area contributed by atoms with Crippen LogP contribution in [0.5, 0.6) is 0 Å². The normalized spacial score (nSPS) is 22.9. The molecule has 0 spiro atoms. The molecule has 2 aliphatic rings. The van der Waals surface area contributed by atoms with Gasteiger partial charge in [0, 0.05) is 10.5 Å². The summed E-state index contributed by atoms with van der Waals surface area (Å²) in [5.41, 5.74) is 0.815. The van der Waals surface area contributed by atoms with E-state index in [2.05, 4.69) is 25.6 Å². The molecule has 0 radical (unpaired) electrons. The van der Waals surface area contributed by atoms with E-state index in [1.807, 2.05) is 6.07 Å². The number of nitrogens with zero attached hydrogens (tertiary/aromatic N) is 1. The first-order chi connectivity index (χ1) is 7.58. The fourth-order valence-corrected chi connectivity index (χ4v) is 3.48. The van der Waals surface area contributed by atoms with Crippen molar-refractivity contribution in [2.45, 2.75) is 23.8 Å². The number of nitrogens with one attached hydrogen (secondary N) is 1. The molecule has 6 heteroatoms. The van der Waals surface area contributed by atoms with Crippen molar-refractivity contribution in [3.05, 3.63) is 22.7 Å². The van der Waals surface area contributed by atoms with Gasteiger partial charge in [0.05, 0.1) is 12.4 Å². The molecule has 0 amide bonds. The SMILES string of the molecule is O=S1(=O)NCN(C2CC2)c2cc(Br)ccc21. The van der Waals surface area contributed by atoms with Gasteiger partial charge in [0.15, 0.2) is 0 Å². The van der Waals surface area contributed by atoms with E-state index in [-0.39, 0.29) is 0 Å². The predicted molar refractivity (Wildman–Crippen MR) is 64.8 cm³/mol. The molecule has 0 atom stereocenters. The van der Waals surface area contributed by atoms with Crippen LogP contribution in [0.25, 0.3) is 0 Å². The highest BCUT2D eigenvalue weighted by molar-refractivity contribution is 9.10. The molecule has 1 heterocycles. The van der Waals surface area contributed by atoms with Gasteiger partial charge in [-0.25, -0.2) is 8.42 Å². The summed E-state index contributed by atoms with van der Waals surface area (Å²) in [7, 11) is -3.31. The van der Waals surface area contributed by atoms with E-state index in [4.69, 9.17) is 0 Å². The van der Waals surface area contributed by atoms with Crippen LogP contribution >= 0.6 is 15.9 Å². The molecule has 0 unspecified atom stereocenters. The lowest BCUT2D eigenvalue weighted by Crippen LogP contribution is -2.44. The maximum absolute atomic E-state index is 11.8. The fourth-order valence-electron chi connectivity index (χ4n) is 1.97. The van der Waals surface area contributed by atoms with Crippen LogP contribution in [0.1, 0.15) is 12.8 Å². The van der Waals surface area contributed by atoms with Crippen LogP contribution in [-0.4, -0.2) is 21.1 Å². The van der Waals surface area contributed by atoms with Crippen molar-refractivity contribution < 1.29 is 8.42 Å². The van der Waals surface area contributed by atoms with E-state index in [0.29, 0.717) is 17.6 Å². The van der Waals surface area contributed by atoms with Crippen molar-refractivity contribution in [2.24, 2.45) is 0 Å². The Hall–Kier alpha value is -0.590. The van der Waals surface area contributed by atoms with Gasteiger partial charge in [0.25, 0.3) is 0 Å². The molecule has 86 valence electrons. The van der Waals surface area contributed by atoms with E-state index in [1.165, 1.54) is 0 Å². The van der Waals surface area contributed by atoms with Gasteiger partial charge in [-0.3, -0.25) is 0 Å². The lowest BCUT2D eigenvalue weighted by molar-refractivity contribution is 0.570. The van der Waals surface area contributed by atoms with Crippen LogP contribution in [0.3, 0.4) is 0 Å². The molecule has 4 nitrogen and oxygen atoms in total. The van der Waals surface area contributed by atoms with Gasteiger partial charge in [-0.15, -0.1) is 0 Å². The summed E-state index contributed by atoms with van der Waals surface area (Å²) in [5.74, 6) is 0. The van der Waals surface area contributed by atoms with Crippen molar-refractivity contribution in [3.8, 4) is 0 Å². The largest absolute Gasteiger partial charge is 0.354 e. The first kappa shape index (κ1) is 10.6. The molecule has 16 heavy (non-hydrogen) atoms. The summed E-state index contributed by atoms with van der Waals surface area (Å²) in [4.78, 5) is 2.51. The Kier molecular flexibility index (Phi) is 2.28. The zero-order valence-corrected chi connectivity index (χ0v) is 10.9. The molecular weight excluding hydrogens is 292 g/mol. The average Bonchev–Trinajstić information content (AvgIpc) is 3.01. The number of benzene rings is 1. The van der Waals surface area contributed by atoms with Crippen LogP contribution in [0, 0.1) is 0 Å². The molecule has 3 rings (SSSR count). The third-order valence-electron chi connectivity index (χ3n) is 2.93. The third-order valence-corrected chi connectivity index (χ3v) is 4.86. The minimum atomic E-state index is -3.31. The second-order valence-corrected chi connectivity index (χ2v) is 6.77. The molecule has 0 bridgehead atoms. The quantitative estimate of drug-likeness (QED) is 0.858.